The number of para-hydroxylation sites is 1. The van der Waals surface area contributed by atoms with E-state index in [1.165, 1.54) is 4.57 Å². The Morgan fingerprint density at radius 3 is 2.74 bits per heavy atom. The van der Waals surface area contributed by atoms with E-state index in [9.17, 15) is 10.1 Å². The number of nitriles is 1. The minimum Gasteiger partial charge on any atom is -0.440 e. The Hall–Kier alpha value is -3.30. The van der Waals surface area contributed by atoms with Crippen molar-refractivity contribution in [1.82, 2.24) is 9.55 Å². The smallest absolute Gasteiger partial charge is 0.270 e. The average molecular weight is 433 g/mol. The Morgan fingerprint density at radius 2 is 2.00 bits per heavy atom. The molecule has 3 heterocycles. The number of piperidine rings is 1. The maximum absolute atomic E-state index is 12.9. The molecule has 31 heavy (non-hydrogen) atoms. The zero-order valence-electron chi connectivity index (χ0n) is 17.4. The predicted molar refractivity (Wildman–Crippen MR) is 122 cm³/mol. The Bertz CT molecular complexity index is 1420. The van der Waals surface area contributed by atoms with Gasteiger partial charge in [-0.05, 0) is 43.5 Å². The minimum atomic E-state index is -0.324. The number of oxazole rings is 1. The van der Waals surface area contributed by atoms with E-state index in [1.807, 2.05) is 37.3 Å². The third-order valence-corrected chi connectivity index (χ3v) is 6.47. The summed E-state index contributed by atoms with van der Waals surface area (Å²) < 4.78 is 7.48. The lowest BCUT2D eigenvalue weighted by Crippen LogP contribution is -2.35. The number of hydrogen-bond acceptors (Lipinski definition) is 5. The van der Waals surface area contributed by atoms with E-state index >= 15 is 0 Å². The first-order valence-electron chi connectivity index (χ1n) is 10.3. The van der Waals surface area contributed by atoms with Gasteiger partial charge in [-0.3, -0.25) is 4.79 Å². The van der Waals surface area contributed by atoms with Gasteiger partial charge in [-0.2, -0.15) is 5.26 Å². The summed E-state index contributed by atoms with van der Waals surface area (Å²) in [5.74, 6) is 0.966. The van der Waals surface area contributed by atoms with Gasteiger partial charge in [0.15, 0.2) is 11.5 Å². The SMILES string of the molecule is Cc1ccc2oc(C3CCN(c4c(C#N)c(=O)n(C)c5c(Cl)cccc45)CC3)nc2c1. The van der Waals surface area contributed by atoms with Gasteiger partial charge in [-0.25, -0.2) is 4.98 Å². The fraction of sp³-hybridized carbons (Fsp3) is 0.292. The van der Waals surface area contributed by atoms with Crippen LogP contribution in [0.25, 0.3) is 22.0 Å². The molecule has 7 heteroatoms. The molecule has 0 bridgehead atoms. The van der Waals surface area contributed by atoms with E-state index in [1.54, 1.807) is 13.1 Å². The first-order valence-corrected chi connectivity index (χ1v) is 10.7. The second-order valence-corrected chi connectivity index (χ2v) is 8.53. The molecule has 1 aliphatic rings. The van der Waals surface area contributed by atoms with Crippen molar-refractivity contribution in [2.45, 2.75) is 25.7 Å². The molecular weight excluding hydrogens is 412 g/mol. The van der Waals surface area contributed by atoms with E-state index in [0.29, 0.717) is 29.3 Å². The lowest BCUT2D eigenvalue weighted by molar-refractivity contribution is 0.407. The minimum absolute atomic E-state index is 0.160. The summed E-state index contributed by atoms with van der Waals surface area (Å²) in [4.78, 5) is 19.7. The molecule has 0 unspecified atom stereocenters. The highest BCUT2D eigenvalue weighted by atomic mass is 35.5. The molecule has 0 amide bonds. The van der Waals surface area contributed by atoms with Crippen LogP contribution in [0.4, 0.5) is 5.69 Å². The number of benzene rings is 2. The van der Waals surface area contributed by atoms with Crippen LogP contribution in [0.15, 0.2) is 45.6 Å². The lowest BCUT2D eigenvalue weighted by Gasteiger charge is -2.33. The molecule has 5 rings (SSSR count). The zero-order chi connectivity index (χ0) is 21.7. The van der Waals surface area contributed by atoms with Crippen molar-refractivity contribution in [3.8, 4) is 6.07 Å². The van der Waals surface area contributed by atoms with Crippen molar-refractivity contribution in [3.05, 3.63) is 68.8 Å². The molecule has 2 aromatic heterocycles. The van der Waals surface area contributed by atoms with Crippen LogP contribution in [0, 0.1) is 18.3 Å². The summed E-state index contributed by atoms with van der Waals surface area (Å²) >= 11 is 6.41. The van der Waals surface area contributed by atoms with Gasteiger partial charge in [-0.1, -0.05) is 29.8 Å². The summed E-state index contributed by atoms with van der Waals surface area (Å²) in [5, 5.41) is 11.1. The van der Waals surface area contributed by atoms with Crippen LogP contribution < -0.4 is 10.5 Å². The maximum Gasteiger partial charge on any atom is 0.270 e. The third kappa shape index (κ3) is 3.17. The number of anilines is 1. The van der Waals surface area contributed by atoms with Crippen molar-refractivity contribution >= 4 is 39.3 Å². The second kappa shape index (κ2) is 7.44. The molecule has 1 aliphatic heterocycles. The van der Waals surface area contributed by atoms with Crippen molar-refractivity contribution in [3.63, 3.8) is 0 Å². The zero-order valence-corrected chi connectivity index (χ0v) is 18.1. The Morgan fingerprint density at radius 1 is 1.23 bits per heavy atom. The van der Waals surface area contributed by atoms with Crippen LogP contribution in [0.2, 0.25) is 5.02 Å². The molecule has 4 aromatic rings. The molecule has 2 aromatic carbocycles. The fourth-order valence-corrected chi connectivity index (χ4v) is 4.86. The molecular formula is C24H21ClN4O2. The van der Waals surface area contributed by atoms with Gasteiger partial charge < -0.3 is 13.9 Å². The number of hydrogen-bond donors (Lipinski definition) is 0. The highest BCUT2D eigenvalue weighted by molar-refractivity contribution is 6.35. The van der Waals surface area contributed by atoms with E-state index in [4.69, 9.17) is 21.0 Å². The molecule has 1 fully saturated rings. The molecule has 0 aliphatic carbocycles. The van der Waals surface area contributed by atoms with E-state index < -0.39 is 0 Å². The summed E-state index contributed by atoms with van der Waals surface area (Å²) in [6.45, 7) is 3.44. The topological polar surface area (TPSA) is 75.1 Å². The molecule has 0 N–H and O–H groups in total. The molecule has 1 saturated heterocycles. The highest BCUT2D eigenvalue weighted by Gasteiger charge is 2.28. The number of aryl methyl sites for hydroxylation is 2. The molecule has 0 radical (unpaired) electrons. The summed E-state index contributed by atoms with van der Waals surface area (Å²) in [6, 6.07) is 13.7. The Kier molecular flexibility index (Phi) is 4.71. The normalized spacial score (nSPS) is 15.0. The lowest BCUT2D eigenvalue weighted by atomic mass is 9.95. The molecule has 6 nitrogen and oxygen atoms in total. The van der Waals surface area contributed by atoms with Gasteiger partial charge in [0.2, 0.25) is 0 Å². The Labute approximate surface area is 184 Å². The van der Waals surface area contributed by atoms with Crippen LogP contribution in [-0.2, 0) is 7.05 Å². The van der Waals surface area contributed by atoms with Crippen molar-refractivity contribution in [2.75, 3.05) is 18.0 Å². The quantitative estimate of drug-likeness (QED) is 0.450. The third-order valence-electron chi connectivity index (χ3n) is 6.16. The maximum atomic E-state index is 12.9. The van der Waals surface area contributed by atoms with E-state index in [-0.39, 0.29) is 17.0 Å². The van der Waals surface area contributed by atoms with Gasteiger partial charge in [-0.15, -0.1) is 0 Å². The van der Waals surface area contributed by atoms with Crippen LogP contribution in [0.1, 0.15) is 35.8 Å². The largest absolute Gasteiger partial charge is 0.440 e. The fourth-order valence-electron chi connectivity index (χ4n) is 4.56. The standard InChI is InChI=1S/C24H21ClN4O2/c1-14-6-7-20-19(12-14)27-23(31-20)15-8-10-29(11-9-15)21-16-4-3-5-18(25)22(16)28(2)24(30)17(21)13-26/h3-7,12,15H,8-11H2,1-2H3. The summed E-state index contributed by atoms with van der Waals surface area (Å²) in [7, 11) is 1.66. The second-order valence-electron chi connectivity index (χ2n) is 8.12. The van der Waals surface area contributed by atoms with Gasteiger partial charge in [0.25, 0.3) is 5.56 Å². The van der Waals surface area contributed by atoms with Crippen LogP contribution in [0.3, 0.4) is 0 Å². The predicted octanol–water partition coefficient (Wildman–Crippen LogP) is 4.90. The van der Waals surface area contributed by atoms with Gasteiger partial charge in [0.05, 0.1) is 16.2 Å². The number of pyridine rings is 1. The number of rotatable bonds is 2. The van der Waals surface area contributed by atoms with Crippen LogP contribution >= 0.6 is 11.6 Å². The van der Waals surface area contributed by atoms with Crippen molar-refractivity contribution < 1.29 is 4.42 Å². The molecule has 0 spiro atoms. The first kappa shape index (κ1) is 19.7. The van der Waals surface area contributed by atoms with Crippen LogP contribution in [-0.4, -0.2) is 22.6 Å². The molecule has 0 saturated carbocycles. The average Bonchev–Trinajstić information content (AvgIpc) is 3.19. The number of halogens is 1. The van der Waals surface area contributed by atoms with Gasteiger partial charge in [0.1, 0.15) is 17.1 Å². The number of aromatic nitrogens is 2. The summed E-state index contributed by atoms with van der Waals surface area (Å²) in [5.41, 5.74) is 4.01. The van der Waals surface area contributed by atoms with E-state index in [0.717, 1.165) is 40.8 Å². The first-order chi connectivity index (χ1) is 15.0. The van der Waals surface area contributed by atoms with Crippen LogP contribution in [0.5, 0.6) is 0 Å². The Balaban J connectivity index is 1.50. The van der Waals surface area contributed by atoms with Crippen molar-refractivity contribution in [1.29, 1.82) is 5.26 Å². The number of fused-ring (bicyclic) bond motifs is 2. The van der Waals surface area contributed by atoms with Gasteiger partial charge in [0, 0.05) is 31.4 Å². The monoisotopic (exact) mass is 432 g/mol. The van der Waals surface area contributed by atoms with E-state index in [2.05, 4.69) is 11.0 Å². The number of nitrogens with zero attached hydrogens (tertiary/aromatic N) is 4. The van der Waals surface area contributed by atoms with Gasteiger partial charge >= 0.3 is 0 Å². The molecule has 0 atom stereocenters. The van der Waals surface area contributed by atoms with Crippen molar-refractivity contribution in [2.24, 2.45) is 7.05 Å². The summed E-state index contributed by atoms with van der Waals surface area (Å²) in [6.07, 6.45) is 1.65. The molecule has 156 valence electrons. The highest BCUT2D eigenvalue weighted by Crippen LogP contribution is 2.37.